The van der Waals surface area contributed by atoms with Crippen LogP contribution in [0.25, 0.3) is 0 Å². The molecule has 0 atom stereocenters. The highest BCUT2D eigenvalue weighted by atomic mass is 32.2. The van der Waals surface area contributed by atoms with Crippen LogP contribution in [-0.4, -0.2) is 64.8 Å². The Morgan fingerprint density at radius 3 is 2.04 bits per heavy atom. The van der Waals surface area contributed by atoms with Gasteiger partial charge in [-0.05, 0) is 33.6 Å². The lowest BCUT2D eigenvalue weighted by Crippen LogP contribution is -2.40. The highest BCUT2D eigenvalue weighted by Gasteiger charge is 2.15. The molecule has 0 unspecified atom stereocenters. The van der Waals surface area contributed by atoms with Crippen LogP contribution in [0.15, 0.2) is 4.99 Å². The minimum Gasteiger partial charge on any atom is -0.444 e. The second kappa shape index (κ2) is 10.3. The Kier molecular flexibility index (Phi) is 9.62. The number of alkyl carbamates (subject to hydrolysis) is 1. The third kappa shape index (κ3) is 15.2. The number of sulfone groups is 1. The fourth-order valence-corrected chi connectivity index (χ4v) is 2.23. The minimum absolute atomic E-state index is 0.150. The maximum atomic E-state index is 11.4. The van der Waals surface area contributed by atoms with E-state index in [1.807, 2.05) is 20.8 Å². The van der Waals surface area contributed by atoms with Gasteiger partial charge in [0.05, 0.1) is 5.75 Å². The third-order valence-electron chi connectivity index (χ3n) is 2.52. The van der Waals surface area contributed by atoms with Gasteiger partial charge in [-0.25, -0.2) is 13.2 Å². The number of hydrogen-bond donors (Lipinski definition) is 3. The molecule has 0 aromatic carbocycles. The van der Waals surface area contributed by atoms with Crippen LogP contribution in [0.1, 0.15) is 33.6 Å². The highest BCUT2D eigenvalue weighted by molar-refractivity contribution is 7.90. The Bertz CT molecular complexity index is 483. The summed E-state index contributed by atoms with van der Waals surface area (Å²) in [5.74, 6) is 0.757. The van der Waals surface area contributed by atoms with Crippen molar-refractivity contribution in [2.45, 2.75) is 39.2 Å². The molecular weight excluding hydrogens is 320 g/mol. The fourth-order valence-electron chi connectivity index (χ4n) is 1.56. The molecule has 3 N–H and O–H groups in total. The van der Waals surface area contributed by atoms with Crippen LogP contribution in [-0.2, 0) is 14.6 Å². The molecule has 136 valence electrons. The monoisotopic (exact) mass is 350 g/mol. The minimum atomic E-state index is -2.93. The molecule has 0 heterocycles. The number of carbonyl (C=O) groups excluding carboxylic acids is 1. The van der Waals surface area contributed by atoms with E-state index in [9.17, 15) is 13.2 Å². The molecule has 23 heavy (non-hydrogen) atoms. The average molecular weight is 350 g/mol. The average Bonchev–Trinajstić information content (AvgIpc) is 2.37. The second-order valence-electron chi connectivity index (χ2n) is 6.19. The summed E-state index contributed by atoms with van der Waals surface area (Å²) in [7, 11) is -1.28. The fraction of sp³-hybridized carbons (Fsp3) is 0.857. The van der Waals surface area contributed by atoms with Gasteiger partial charge in [-0.1, -0.05) is 0 Å². The molecule has 0 radical (unpaired) electrons. The Morgan fingerprint density at radius 2 is 1.57 bits per heavy atom. The van der Waals surface area contributed by atoms with Crippen LogP contribution < -0.4 is 16.0 Å². The third-order valence-corrected chi connectivity index (χ3v) is 3.55. The number of hydrogen-bond acceptors (Lipinski definition) is 5. The van der Waals surface area contributed by atoms with Crippen LogP contribution in [0.4, 0.5) is 4.79 Å². The summed E-state index contributed by atoms with van der Waals surface area (Å²) in [5.41, 5.74) is -0.500. The first kappa shape index (κ1) is 21.5. The van der Waals surface area contributed by atoms with E-state index in [0.29, 0.717) is 38.4 Å². The lowest BCUT2D eigenvalue weighted by atomic mass is 10.2. The number of guanidine groups is 1. The Labute approximate surface area is 139 Å². The quantitative estimate of drug-likeness (QED) is 0.334. The van der Waals surface area contributed by atoms with Gasteiger partial charge in [0.2, 0.25) is 0 Å². The molecule has 0 saturated carbocycles. The van der Waals surface area contributed by atoms with Gasteiger partial charge in [-0.15, -0.1) is 0 Å². The molecule has 0 rings (SSSR count). The molecule has 9 heteroatoms. The molecule has 0 bridgehead atoms. The van der Waals surface area contributed by atoms with Crippen LogP contribution in [0.3, 0.4) is 0 Å². The van der Waals surface area contributed by atoms with Crippen molar-refractivity contribution >= 4 is 21.9 Å². The van der Waals surface area contributed by atoms with E-state index >= 15 is 0 Å². The van der Waals surface area contributed by atoms with Crippen LogP contribution >= 0.6 is 0 Å². The van der Waals surface area contributed by atoms with E-state index in [1.54, 1.807) is 7.05 Å². The Morgan fingerprint density at radius 1 is 1.04 bits per heavy atom. The van der Waals surface area contributed by atoms with E-state index in [-0.39, 0.29) is 5.75 Å². The molecule has 0 aliphatic rings. The first-order chi connectivity index (χ1) is 10.5. The number of amides is 1. The predicted molar refractivity (Wildman–Crippen MR) is 92.5 cm³/mol. The maximum absolute atomic E-state index is 11.4. The zero-order valence-corrected chi connectivity index (χ0v) is 15.5. The summed E-state index contributed by atoms with van der Waals surface area (Å²) >= 11 is 0. The van der Waals surface area contributed by atoms with Gasteiger partial charge in [0.25, 0.3) is 0 Å². The first-order valence-electron chi connectivity index (χ1n) is 7.62. The molecule has 8 nitrogen and oxygen atoms in total. The summed E-state index contributed by atoms with van der Waals surface area (Å²) in [5, 5.41) is 8.79. The summed E-state index contributed by atoms with van der Waals surface area (Å²) in [6.07, 6.45) is 2.03. The van der Waals surface area contributed by atoms with Crippen molar-refractivity contribution in [1.29, 1.82) is 0 Å². The predicted octanol–water partition coefficient (Wildman–Crippen LogP) is 0.501. The highest BCUT2D eigenvalue weighted by Crippen LogP contribution is 2.06. The summed E-state index contributed by atoms with van der Waals surface area (Å²) in [6.45, 7) is 7.09. The molecule has 1 amide bonds. The van der Waals surface area contributed by atoms with Crippen LogP contribution in [0.5, 0.6) is 0 Å². The molecule has 0 aromatic heterocycles. The Hall–Kier alpha value is -1.51. The number of nitrogens with one attached hydrogen (secondary N) is 3. The molecule has 0 aromatic rings. The van der Waals surface area contributed by atoms with Gasteiger partial charge in [-0.2, -0.15) is 0 Å². The van der Waals surface area contributed by atoms with Crippen LogP contribution in [0, 0.1) is 0 Å². The van der Waals surface area contributed by atoms with E-state index in [1.165, 1.54) is 6.26 Å². The van der Waals surface area contributed by atoms with Crippen molar-refractivity contribution < 1.29 is 17.9 Å². The van der Waals surface area contributed by atoms with E-state index in [4.69, 9.17) is 4.74 Å². The zero-order valence-electron chi connectivity index (χ0n) is 14.7. The number of rotatable bonds is 8. The topological polar surface area (TPSA) is 109 Å². The van der Waals surface area contributed by atoms with Gasteiger partial charge in [0, 0.05) is 32.9 Å². The number of aliphatic imine (C=N–C) groups is 1. The van der Waals surface area contributed by atoms with E-state index in [2.05, 4.69) is 20.9 Å². The number of carbonyl (C=O) groups is 1. The molecule has 0 saturated heterocycles. The molecule has 0 aliphatic heterocycles. The first-order valence-corrected chi connectivity index (χ1v) is 9.68. The van der Waals surface area contributed by atoms with Crippen LogP contribution in [0.2, 0.25) is 0 Å². The second-order valence-corrected chi connectivity index (χ2v) is 8.45. The van der Waals surface area contributed by atoms with Gasteiger partial charge in [0.15, 0.2) is 5.96 Å². The SMILES string of the molecule is CN=C(NCCCNC(=O)OC(C)(C)C)NCCCS(C)(=O)=O. The van der Waals surface area contributed by atoms with Crippen molar-refractivity contribution in [3.05, 3.63) is 0 Å². The van der Waals surface area contributed by atoms with Gasteiger partial charge < -0.3 is 20.7 Å². The van der Waals surface area contributed by atoms with E-state index in [0.717, 1.165) is 0 Å². The number of nitrogens with zero attached hydrogens (tertiary/aromatic N) is 1. The summed E-state index contributed by atoms with van der Waals surface area (Å²) in [4.78, 5) is 15.5. The van der Waals surface area contributed by atoms with Crippen molar-refractivity contribution in [2.75, 3.05) is 38.7 Å². The van der Waals surface area contributed by atoms with Gasteiger partial charge >= 0.3 is 6.09 Å². The van der Waals surface area contributed by atoms with Crippen molar-refractivity contribution in [1.82, 2.24) is 16.0 Å². The summed E-state index contributed by atoms with van der Waals surface area (Å²) < 4.78 is 27.1. The van der Waals surface area contributed by atoms with Crippen molar-refractivity contribution in [3.8, 4) is 0 Å². The largest absolute Gasteiger partial charge is 0.444 e. The number of ether oxygens (including phenoxy) is 1. The maximum Gasteiger partial charge on any atom is 0.407 e. The molecular formula is C14H30N4O4S. The molecule has 0 fully saturated rings. The van der Waals surface area contributed by atoms with E-state index < -0.39 is 21.5 Å². The lowest BCUT2D eigenvalue weighted by molar-refractivity contribution is 0.0527. The lowest BCUT2D eigenvalue weighted by Gasteiger charge is -2.19. The van der Waals surface area contributed by atoms with Gasteiger partial charge in [0.1, 0.15) is 15.4 Å². The zero-order chi connectivity index (χ0) is 17.9. The standard InChI is InChI=1S/C14H30N4O4S/c1-14(2,3)22-13(19)18-9-6-8-16-12(15-4)17-10-7-11-23(5,20)21/h6-11H2,1-5H3,(H,18,19)(H2,15,16,17). The van der Waals surface area contributed by atoms with Crippen molar-refractivity contribution in [2.24, 2.45) is 4.99 Å². The Balaban J connectivity index is 3.75. The van der Waals surface area contributed by atoms with Gasteiger partial charge in [-0.3, -0.25) is 4.99 Å². The molecule has 0 aliphatic carbocycles. The normalized spacial score (nSPS) is 12.7. The molecule has 0 spiro atoms. The summed E-state index contributed by atoms with van der Waals surface area (Å²) in [6, 6.07) is 0. The smallest absolute Gasteiger partial charge is 0.407 e. The van der Waals surface area contributed by atoms with Crippen molar-refractivity contribution in [3.63, 3.8) is 0 Å².